The normalized spacial score (nSPS) is 46.0. The van der Waals surface area contributed by atoms with Crippen LogP contribution in [0.15, 0.2) is 35.5 Å². The Balaban J connectivity index is 1.62. The van der Waals surface area contributed by atoms with E-state index < -0.39 is 0 Å². The summed E-state index contributed by atoms with van der Waals surface area (Å²) in [6, 6.07) is 0. The van der Waals surface area contributed by atoms with Crippen LogP contribution in [0.4, 0.5) is 0 Å². The van der Waals surface area contributed by atoms with Crippen LogP contribution in [0, 0.1) is 29.1 Å². The average molecular weight is 296 g/mol. The van der Waals surface area contributed by atoms with Gasteiger partial charge in [0.1, 0.15) is 0 Å². The first-order valence-corrected chi connectivity index (χ1v) is 9.71. The molecule has 120 valence electrons. The van der Waals surface area contributed by atoms with Crippen LogP contribution in [0.1, 0.15) is 71.6 Å². The van der Waals surface area contributed by atoms with Crippen LogP contribution in [0.2, 0.25) is 0 Å². The van der Waals surface area contributed by atoms with Gasteiger partial charge in [-0.3, -0.25) is 0 Å². The van der Waals surface area contributed by atoms with Crippen molar-refractivity contribution in [2.75, 3.05) is 0 Å². The molecule has 0 aromatic rings. The lowest BCUT2D eigenvalue weighted by Crippen LogP contribution is -2.44. The first-order valence-electron chi connectivity index (χ1n) is 9.71. The summed E-state index contributed by atoms with van der Waals surface area (Å²) < 4.78 is 0. The summed E-state index contributed by atoms with van der Waals surface area (Å²) in [5, 5.41) is 0. The van der Waals surface area contributed by atoms with E-state index in [1.807, 2.05) is 5.57 Å². The third-order valence-electron chi connectivity index (χ3n) is 7.72. The van der Waals surface area contributed by atoms with Crippen LogP contribution < -0.4 is 0 Å². The van der Waals surface area contributed by atoms with Crippen molar-refractivity contribution in [3.8, 4) is 0 Å². The second-order valence-corrected chi connectivity index (χ2v) is 8.63. The van der Waals surface area contributed by atoms with E-state index in [9.17, 15) is 0 Å². The summed E-state index contributed by atoms with van der Waals surface area (Å²) in [6.45, 7) is 9.14. The minimum atomic E-state index is 0.552. The molecule has 0 N–H and O–H groups in total. The van der Waals surface area contributed by atoms with E-state index in [2.05, 4.69) is 32.6 Å². The maximum Gasteiger partial charge on any atom is -0.00852 e. The fourth-order valence-corrected chi connectivity index (χ4v) is 6.71. The second kappa shape index (κ2) is 5.39. The lowest BCUT2D eigenvalue weighted by atomic mass is 9.52. The zero-order valence-corrected chi connectivity index (χ0v) is 14.5. The van der Waals surface area contributed by atoms with Crippen LogP contribution in [0.5, 0.6) is 0 Å². The van der Waals surface area contributed by atoms with Gasteiger partial charge in [0.25, 0.3) is 0 Å². The Morgan fingerprint density at radius 1 is 1.14 bits per heavy atom. The van der Waals surface area contributed by atoms with E-state index in [0.717, 1.165) is 23.7 Å². The van der Waals surface area contributed by atoms with E-state index in [0.29, 0.717) is 5.41 Å². The second-order valence-electron chi connectivity index (χ2n) is 8.63. The Hall–Kier alpha value is -0.780. The molecule has 0 radical (unpaired) electrons. The standard InChI is InChI=1S/C22H32/c1-4-5-17-8-11-21-20-10-7-16-14-15(2)6-9-18(16)19(20)12-13-22(17,21)3/h5,14,18-21H,2,4,6-13H2,1,3H3/b17-5+. The van der Waals surface area contributed by atoms with Gasteiger partial charge in [-0.05, 0) is 86.9 Å². The molecule has 4 rings (SSSR count). The van der Waals surface area contributed by atoms with Crippen molar-refractivity contribution >= 4 is 0 Å². The smallest absolute Gasteiger partial charge is 0.00852 e. The Bertz CT molecular complexity index is 534. The van der Waals surface area contributed by atoms with E-state index in [-0.39, 0.29) is 0 Å². The van der Waals surface area contributed by atoms with Crippen molar-refractivity contribution < 1.29 is 0 Å². The van der Waals surface area contributed by atoms with E-state index in [1.54, 1.807) is 5.57 Å². The van der Waals surface area contributed by atoms with Crippen LogP contribution >= 0.6 is 0 Å². The molecule has 0 aliphatic heterocycles. The maximum atomic E-state index is 4.22. The van der Waals surface area contributed by atoms with Gasteiger partial charge in [-0.2, -0.15) is 0 Å². The van der Waals surface area contributed by atoms with Gasteiger partial charge in [0.2, 0.25) is 0 Å². The SMILES string of the molecule is C=C1C=C2CCC3C(CCC4(C)/C(=C/CC)CCC34)C2CC1. The molecule has 0 aromatic carbocycles. The highest BCUT2D eigenvalue weighted by Crippen LogP contribution is 2.63. The van der Waals surface area contributed by atoms with Crippen molar-refractivity contribution in [2.24, 2.45) is 29.1 Å². The summed E-state index contributed by atoms with van der Waals surface area (Å²) in [4.78, 5) is 0. The molecule has 4 aliphatic carbocycles. The van der Waals surface area contributed by atoms with Crippen molar-refractivity contribution in [3.05, 3.63) is 35.5 Å². The molecule has 0 amide bonds. The van der Waals surface area contributed by atoms with Crippen molar-refractivity contribution in [1.29, 1.82) is 0 Å². The molecular formula is C22H32. The molecule has 0 spiro atoms. The van der Waals surface area contributed by atoms with Gasteiger partial charge < -0.3 is 0 Å². The lowest BCUT2D eigenvalue weighted by molar-refractivity contribution is 0.0142. The number of hydrogen-bond donors (Lipinski definition) is 0. The van der Waals surface area contributed by atoms with Gasteiger partial charge in [0.15, 0.2) is 0 Å². The fourth-order valence-electron chi connectivity index (χ4n) is 6.71. The third kappa shape index (κ3) is 2.09. The molecule has 4 aliphatic rings. The summed E-state index contributed by atoms with van der Waals surface area (Å²) >= 11 is 0. The van der Waals surface area contributed by atoms with Crippen LogP contribution in [-0.2, 0) is 0 Å². The highest BCUT2D eigenvalue weighted by atomic mass is 14.6. The first kappa shape index (κ1) is 14.8. The third-order valence-corrected chi connectivity index (χ3v) is 7.72. The van der Waals surface area contributed by atoms with Gasteiger partial charge in [0.05, 0.1) is 0 Å². The summed E-state index contributed by atoms with van der Waals surface area (Å²) in [6.07, 6.45) is 17.5. The Labute approximate surface area is 136 Å². The highest BCUT2D eigenvalue weighted by Gasteiger charge is 2.53. The molecule has 3 fully saturated rings. The number of allylic oxidation sites excluding steroid dienone is 5. The quantitative estimate of drug-likeness (QED) is 0.488. The van der Waals surface area contributed by atoms with Gasteiger partial charge in [0, 0.05) is 0 Å². The number of fused-ring (bicyclic) bond motifs is 5. The first-order chi connectivity index (χ1) is 10.6. The molecule has 0 bridgehead atoms. The average Bonchev–Trinajstić information content (AvgIpc) is 2.84. The van der Waals surface area contributed by atoms with Crippen molar-refractivity contribution in [3.63, 3.8) is 0 Å². The molecule has 5 unspecified atom stereocenters. The predicted octanol–water partition coefficient (Wildman–Crippen LogP) is 6.45. The minimum Gasteiger partial charge on any atom is -0.0958 e. The molecule has 0 heterocycles. The summed E-state index contributed by atoms with van der Waals surface area (Å²) in [5.41, 5.74) is 5.52. The van der Waals surface area contributed by atoms with E-state index >= 15 is 0 Å². The highest BCUT2D eigenvalue weighted by molar-refractivity contribution is 5.31. The van der Waals surface area contributed by atoms with Gasteiger partial charge in [-0.1, -0.05) is 49.3 Å². The molecule has 0 saturated heterocycles. The van der Waals surface area contributed by atoms with Crippen LogP contribution in [0.3, 0.4) is 0 Å². The zero-order valence-electron chi connectivity index (χ0n) is 14.5. The van der Waals surface area contributed by atoms with E-state index in [1.165, 1.54) is 63.4 Å². The zero-order chi connectivity index (χ0) is 15.3. The molecule has 3 saturated carbocycles. The van der Waals surface area contributed by atoms with E-state index in [4.69, 9.17) is 0 Å². The topological polar surface area (TPSA) is 0 Å². The predicted molar refractivity (Wildman–Crippen MR) is 94.6 cm³/mol. The fraction of sp³-hybridized carbons (Fsp3) is 0.727. The van der Waals surface area contributed by atoms with Crippen LogP contribution in [0.25, 0.3) is 0 Å². The lowest BCUT2D eigenvalue weighted by Gasteiger charge is -2.53. The van der Waals surface area contributed by atoms with Gasteiger partial charge in [-0.25, -0.2) is 0 Å². The molecule has 22 heavy (non-hydrogen) atoms. The maximum absolute atomic E-state index is 4.22. The Morgan fingerprint density at radius 2 is 2.00 bits per heavy atom. The molecular weight excluding hydrogens is 264 g/mol. The molecule has 0 nitrogen and oxygen atoms in total. The summed E-state index contributed by atoms with van der Waals surface area (Å²) in [7, 11) is 0. The van der Waals surface area contributed by atoms with Gasteiger partial charge in [-0.15, -0.1) is 0 Å². The Morgan fingerprint density at radius 3 is 2.82 bits per heavy atom. The Kier molecular flexibility index (Phi) is 3.62. The molecule has 5 atom stereocenters. The molecule has 0 aromatic heterocycles. The van der Waals surface area contributed by atoms with Gasteiger partial charge >= 0.3 is 0 Å². The minimum absolute atomic E-state index is 0.552. The molecule has 0 heteroatoms. The monoisotopic (exact) mass is 296 g/mol. The largest absolute Gasteiger partial charge is 0.0958 e. The van der Waals surface area contributed by atoms with Crippen molar-refractivity contribution in [1.82, 2.24) is 0 Å². The number of rotatable bonds is 1. The number of hydrogen-bond acceptors (Lipinski definition) is 0. The van der Waals surface area contributed by atoms with Crippen LogP contribution in [-0.4, -0.2) is 0 Å². The summed E-state index contributed by atoms with van der Waals surface area (Å²) in [5.74, 6) is 3.89. The van der Waals surface area contributed by atoms with Crippen molar-refractivity contribution in [2.45, 2.75) is 71.6 Å².